The van der Waals surface area contributed by atoms with Crippen LogP contribution in [0.2, 0.25) is 20.1 Å². The summed E-state index contributed by atoms with van der Waals surface area (Å²) in [7, 11) is 0. The molecular formula is C13H7Cl4NO2. The largest absolute Gasteiger partial charge is 0.481 e. The minimum atomic E-state index is -0.993. The van der Waals surface area contributed by atoms with Crippen molar-refractivity contribution in [3.05, 3.63) is 50.0 Å². The number of halogens is 4. The highest BCUT2D eigenvalue weighted by Crippen LogP contribution is 2.38. The van der Waals surface area contributed by atoms with E-state index in [-0.39, 0.29) is 16.5 Å². The van der Waals surface area contributed by atoms with Crippen LogP contribution < -0.4 is 0 Å². The van der Waals surface area contributed by atoms with Crippen molar-refractivity contribution < 1.29 is 9.90 Å². The van der Waals surface area contributed by atoms with E-state index in [0.29, 0.717) is 26.9 Å². The van der Waals surface area contributed by atoms with Crippen LogP contribution in [0.1, 0.15) is 5.56 Å². The molecule has 0 amide bonds. The van der Waals surface area contributed by atoms with Gasteiger partial charge in [0.05, 0.1) is 32.2 Å². The van der Waals surface area contributed by atoms with Gasteiger partial charge in [-0.25, -0.2) is 0 Å². The third-order valence-corrected chi connectivity index (χ3v) is 4.04. The highest BCUT2D eigenvalue weighted by molar-refractivity contribution is 6.46. The number of rotatable bonds is 3. The zero-order valence-electron chi connectivity index (χ0n) is 9.83. The number of pyridine rings is 1. The third-order valence-electron chi connectivity index (χ3n) is 2.58. The Labute approximate surface area is 135 Å². The SMILES string of the molecule is O=C(O)Cc1cc(-c2c(Cl)ccc(Cl)c2Cl)ncc1Cl. The van der Waals surface area contributed by atoms with Gasteiger partial charge in [0.15, 0.2) is 0 Å². The van der Waals surface area contributed by atoms with Gasteiger partial charge in [-0.1, -0.05) is 46.4 Å². The third kappa shape index (κ3) is 3.18. The van der Waals surface area contributed by atoms with Crippen LogP contribution in [0.25, 0.3) is 11.3 Å². The Bertz CT molecular complexity index is 688. The van der Waals surface area contributed by atoms with Gasteiger partial charge in [0.1, 0.15) is 0 Å². The molecule has 0 saturated heterocycles. The fourth-order valence-electron chi connectivity index (χ4n) is 1.68. The fourth-order valence-corrected chi connectivity index (χ4v) is 2.57. The lowest BCUT2D eigenvalue weighted by Crippen LogP contribution is -2.02. The molecule has 0 saturated carbocycles. The predicted octanol–water partition coefficient (Wildman–Crippen LogP) is 4.99. The molecule has 7 heteroatoms. The topological polar surface area (TPSA) is 50.2 Å². The van der Waals surface area contributed by atoms with E-state index >= 15 is 0 Å². The van der Waals surface area contributed by atoms with Crippen LogP contribution in [0.15, 0.2) is 24.4 Å². The molecule has 1 N–H and O–H groups in total. The van der Waals surface area contributed by atoms with Crippen molar-refractivity contribution in [2.24, 2.45) is 0 Å². The van der Waals surface area contributed by atoms with Crippen LogP contribution in [0.3, 0.4) is 0 Å². The molecule has 0 aliphatic carbocycles. The van der Waals surface area contributed by atoms with Crippen LogP contribution >= 0.6 is 46.4 Å². The molecule has 104 valence electrons. The lowest BCUT2D eigenvalue weighted by molar-refractivity contribution is -0.136. The fraction of sp³-hybridized carbons (Fsp3) is 0.0769. The average molecular weight is 351 g/mol. The molecule has 0 aliphatic rings. The highest BCUT2D eigenvalue weighted by Gasteiger charge is 2.15. The number of carboxylic acids is 1. The zero-order chi connectivity index (χ0) is 14.9. The van der Waals surface area contributed by atoms with Gasteiger partial charge in [0, 0.05) is 11.8 Å². The van der Waals surface area contributed by atoms with Crippen molar-refractivity contribution in [1.29, 1.82) is 0 Å². The number of nitrogens with zero attached hydrogens (tertiary/aromatic N) is 1. The number of aromatic nitrogens is 1. The maximum atomic E-state index is 10.8. The Morgan fingerprint density at radius 3 is 2.40 bits per heavy atom. The molecule has 2 aromatic rings. The van der Waals surface area contributed by atoms with E-state index in [4.69, 9.17) is 51.5 Å². The minimum absolute atomic E-state index is 0.218. The van der Waals surface area contributed by atoms with Crippen molar-refractivity contribution in [1.82, 2.24) is 4.98 Å². The first-order valence-electron chi connectivity index (χ1n) is 5.40. The Morgan fingerprint density at radius 2 is 1.75 bits per heavy atom. The molecule has 0 radical (unpaired) electrons. The molecule has 0 aliphatic heterocycles. The van der Waals surface area contributed by atoms with Gasteiger partial charge in [-0.3, -0.25) is 9.78 Å². The van der Waals surface area contributed by atoms with Crippen LogP contribution in [-0.2, 0) is 11.2 Å². The molecule has 3 nitrogen and oxygen atoms in total. The molecule has 1 aromatic carbocycles. The predicted molar refractivity (Wildman–Crippen MR) is 81.1 cm³/mol. The smallest absolute Gasteiger partial charge is 0.307 e. The van der Waals surface area contributed by atoms with E-state index in [0.717, 1.165) is 0 Å². The molecule has 0 atom stereocenters. The number of hydrogen-bond acceptors (Lipinski definition) is 2. The van der Waals surface area contributed by atoms with E-state index in [1.54, 1.807) is 18.2 Å². The number of carbonyl (C=O) groups is 1. The molecule has 2 rings (SSSR count). The normalized spacial score (nSPS) is 10.6. The summed E-state index contributed by atoms with van der Waals surface area (Å²) < 4.78 is 0. The molecule has 0 fully saturated rings. The van der Waals surface area contributed by atoms with Gasteiger partial charge in [0.25, 0.3) is 0 Å². The lowest BCUT2D eigenvalue weighted by atomic mass is 10.1. The van der Waals surface area contributed by atoms with Gasteiger partial charge < -0.3 is 5.11 Å². The van der Waals surface area contributed by atoms with Crippen molar-refractivity contribution >= 4 is 52.4 Å². The monoisotopic (exact) mass is 349 g/mol. The van der Waals surface area contributed by atoms with E-state index in [1.807, 2.05) is 0 Å². The summed E-state index contributed by atoms with van der Waals surface area (Å²) in [6.07, 6.45) is 1.15. The zero-order valence-corrected chi connectivity index (χ0v) is 12.9. The quantitative estimate of drug-likeness (QED) is 0.793. The lowest BCUT2D eigenvalue weighted by Gasteiger charge is -2.10. The van der Waals surface area contributed by atoms with Gasteiger partial charge in [-0.15, -0.1) is 0 Å². The maximum Gasteiger partial charge on any atom is 0.307 e. The Kier molecular flexibility index (Phi) is 4.76. The van der Waals surface area contributed by atoms with Gasteiger partial charge >= 0.3 is 5.97 Å². The number of aliphatic carboxylic acids is 1. The standard InChI is InChI=1S/C13H7Cl4NO2/c14-7-1-2-8(15)13(17)12(7)10-3-6(4-11(19)20)9(16)5-18-10/h1-3,5H,4H2,(H,19,20). The molecule has 1 heterocycles. The average Bonchev–Trinajstić information content (AvgIpc) is 2.37. The van der Waals surface area contributed by atoms with Gasteiger partial charge in [0.2, 0.25) is 0 Å². The highest BCUT2D eigenvalue weighted by atomic mass is 35.5. The van der Waals surface area contributed by atoms with E-state index in [1.165, 1.54) is 6.20 Å². The molecule has 1 aromatic heterocycles. The second-order valence-electron chi connectivity index (χ2n) is 3.95. The molecular weight excluding hydrogens is 344 g/mol. The summed E-state index contributed by atoms with van der Waals surface area (Å²) in [5.74, 6) is -0.993. The number of carboxylic acid groups (broad SMARTS) is 1. The Morgan fingerprint density at radius 1 is 1.10 bits per heavy atom. The van der Waals surface area contributed by atoms with Crippen LogP contribution in [-0.4, -0.2) is 16.1 Å². The summed E-state index contributed by atoms with van der Waals surface area (Å²) in [5.41, 5.74) is 1.29. The van der Waals surface area contributed by atoms with Crippen molar-refractivity contribution in [2.75, 3.05) is 0 Å². The maximum absolute atomic E-state index is 10.8. The molecule has 0 bridgehead atoms. The van der Waals surface area contributed by atoms with Gasteiger partial charge in [-0.05, 0) is 23.8 Å². The molecule has 20 heavy (non-hydrogen) atoms. The summed E-state index contributed by atoms with van der Waals surface area (Å²) in [6, 6.07) is 4.71. The van der Waals surface area contributed by atoms with Crippen LogP contribution in [0.4, 0.5) is 0 Å². The first-order valence-corrected chi connectivity index (χ1v) is 6.91. The van der Waals surface area contributed by atoms with Crippen LogP contribution in [0.5, 0.6) is 0 Å². The van der Waals surface area contributed by atoms with Gasteiger partial charge in [-0.2, -0.15) is 0 Å². The first-order chi connectivity index (χ1) is 9.40. The van der Waals surface area contributed by atoms with Crippen molar-refractivity contribution in [3.8, 4) is 11.3 Å². The van der Waals surface area contributed by atoms with E-state index < -0.39 is 5.97 Å². The Hall–Kier alpha value is -1.000. The molecule has 0 spiro atoms. The summed E-state index contributed by atoms with van der Waals surface area (Å²) in [6.45, 7) is 0. The second kappa shape index (κ2) is 6.19. The number of hydrogen-bond donors (Lipinski definition) is 1. The van der Waals surface area contributed by atoms with Crippen molar-refractivity contribution in [2.45, 2.75) is 6.42 Å². The first kappa shape index (κ1) is 15.4. The van der Waals surface area contributed by atoms with E-state index in [9.17, 15) is 4.79 Å². The van der Waals surface area contributed by atoms with Crippen molar-refractivity contribution in [3.63, 3.8) is 0 Å². The Balaban J connectivity index is 2.59. The minimum Gasteiger partial charge on any atom is -0.481 e. The summed E-state index contributed by atoms with van der Waals surface area (Å²) in [4.78, 5) is 14.9. The van der Waals surface area contributed by atoms with Crippen LogP contribution in [0, 0.1) is 0 Å². The number of benzene rings is 1. The van der Waals surface area contributed by atoms with E-state index in [2.05, 4.69) is 4.98 Å². The second-order valence-corrected chi connectivity index (χ2v) is 5.55. The summed E-state index contributed by atoms with van der Waals surface area (Å²) in [5, 5.41) is 10.1. The summed E-state index contributed by atoms with van der Waals surface area (Å²) >= 11 is 24.1. The molecule has 0 unspecified atom stereocenters.